The van der Waals surface area contributed by atoms with Crippen LogP contribution in [0.4, 0.5) is 17.6 Å². The molecule has 0 aliphatic heterocycles. The van der Waals surface area contributed by atoms with E-state index in [2.05, 4.69) is 20.2 Å². The van der Waals surface area contributed by atoms with Crippen molar-refractivity contribution in [2.75, 3.05) is 13.7 Å². The Morgan fingerprint density at radius 2 is 2.18 bits per heavy atom. The number of hydrogen-bond acceptors (Lipinski definition) is 5. The minimum atomic E-state index is -4.17. The molecule has 1 rings (SSSR count). The largest absolute Gasteiger partial charge is 0.367 e. The van der Waals surface area contributed by atoms with Gasteiger partial charge in [-0.3, -0.25) is 0 Å². The van der Waals surface area contributed by atoms with Crippen LogP contribution in [0.5, 0.6) is 0 Å². The molecule has 0 atom stereocenters. The van der Waals surface area contributed by atoms with Gasteiger partial charge in [0, 0.05) is 0 Å². The van der Waals surface area contributed by atoms with E-state index in [4.69, 9.17) is 4.52 Å². The molecular formula is C8H11F4N3O2. The number of ether oxygens (including phenoxy) is 1. The van der Waals surface area contributed by atoms with Crippen LogP contribution in [-0.4, -0.2) is 36.1 Å². The van der Waals surface area contributed by atoms with Crippen molar-refractivity contribution in [1.82, 2.24) is 15.5 Å². The van der Waals surface area contributed by atoms with E-state index in [0.29, 0.717) is 6.54 Å². The molecule has 1 aromatic heterocycles. The van der Waals surface area contributed by atoms with Gasteiger partial charge in [0.2, 0.25) is 5.89 Å². The standard InChI is InChI=1S/C8H11F4N3O2/c1-13-2-6-14-5(15-17-6)3-16-4-8(11,12)7(9)10/h7,13H,2-4H2,1H3. The first kappa shape index (κ1) is 13.8. The predicted octanol–water partition coefficient (Wildman–Crippen LogP) is 1.21. The van der Waals surface area contributed by atoms with Gasteiger partial charge in [0.15, 0.2) is 5.82 Å². The van der Waals surface area contributed by atoms with E-state index >= 15 is 0 Å². The molecule has 1 heterocycles. The molecule has 0 radical (unpaired) electrons. The maximum absolute atomic E-state index is 12.4. The first-order chi connectivity index (χ1) is 7.95. The summed E-state index contributed by atoms with van der Waals surface area (Å²) in [5.74, 6) is -3.88. The summed E-state index contributed by atoms with van der Waals surface area (Å²) in [5.41, 5.74) is 0. The third kappa shape index (κ3) is 4.27. The summed E-state index contributed by atoms with van der Waals surface area (Å²) in [7, 11) is 1.66. The first-order valence-electron chi connectivity index (χ1n) is 4.65. The topological polar surface area (TPSA) is 60.2 Å². The quantitative estimate of drug-likeness (QED) is 0.744. The van der Waals surface area contributed by atoms with Crippen LogP contribution in [0.25, 0.3) is 0 Å². The summed E-state index contributed by atoms with van der Waals surface area (Å²) in [6, 6.07) is 0. The molecular weight excluding hydrogens is 246 g/mol. The van der Waals surface area contributed by atoms with Gasteiger partial charge in [0.25, 0.3) is 0 Å². The Morgan fingerprint density at radius 3 is 2.76 bits per heavy atom. The second-order valence-corrected chi connectivity index (χ2v) is 3.19. The van der Waals surface area contributed by atoms with Gasteiger partial charge in [-0.25, -0.2) is 8.78 Å². The smallest absolute Gasteiger partial charge is 0.330 e. The highest BCUT2D eigenvalue weighted by atomic mass is 19.3. The van der Waals surface area contributed by atoms with E-state index in [1.807, 2.05) is 0 Å². The number of hydrogen-bond donors (Lipinski definition) is 1. The number of aromatic nitrogens is 2. The van der Waals surface area contributed by atoms with E-state index in [9.17, 15) is 17.6 Å². The summed E-state index contributed by atoms with van der Waals surface area (Å²) in [4.78, 5) is 3.77. The molecule has 0 saturated heterocycles. The molecule has 17 heavy (non-hydrogen) atoms. The monoisotopic (exact) mass is 257 g/mol. The Bertz CT molecular complexity index is 345. The molecule has 98 valence electrons. The van der Waals surface area contributed by atoms with Crippen LogP contribution in [-0.2, 0) is 17.9 Å². The van der Waals surface area contributed by atoms with Crippen molar-refractivity contribution in [3.05, 3.63) is 11.7 Å². The Balaban J connectivity index is 2.35. The van der Waals surface area contributed by atoms with Gasteiger partial charge in [-0.15, -0.1) is 0 Å². The van der Waals surface area contributed by atoms with Crippen LogP contribution in [0.3, 0.4) is 0 Å². The third-order valence-corrected chi connectivity index (χ3v) is 1.68. The van der Waals surface area contributed by atoms with Gasteiger partial charge < -0.3 is 14.6 Å². The molecule has 0 amide bonds. The van der Waals surface area contributed by atoms with Gasteiger partial charge in [-0.2, -0.15) is 13.8 Å². The van der Waals surface area contributed by atoms with Gasteiger partial charge >= 0.3 is 12.3 Å². The highest BCUT2D eigenvalue weighted by Crippen LogP contribution is 2.23. The second-order valence-electron chi connectivity index (χ2n) is 3.19. The van der Waals surface area contributed by atoms with Crippen molar-refractivity contribution in [2.45, 2.75) is 25.5 Å². The van der Waals surface area contributed by atoms with Crippen LogP contribution in [0.15, 0.2) is 4.52 Å². The molecule has 0 unspecified atom stereocenters. The first-order valence-corrected chi connectivity index (χ1v) is 4.65. The highest BCUT2D eigenvalue weighted by molar-refractivity contribution is 4.83. The summed E-state index contributed by atoms with van der Waals surface area (Å²) in [5, 5.41) is 6.15. The van der Waals surface area contributed by atoms with Crippen molar-refractivity contribution in [1.29, 1.82) is 0 Å². The van der Waals surface area contributed by atoms with Crippen LogP contribution < -0.4 is 5.32 Å². The van der Waals surface area contributed by atoms with E-state index in [1.165, 1.54) is 0 Å². The number of nitrogens with one attached hydrogen (secondary N) is 1. The minimum absolute atomic E-state index is 0.0281. The molecule has 9 heteroatoms. The van der Waals surface area contributed by atoms with Crippen molar-refractivity contribution in [3.8, 4) is 0 Å². The second kappa shape index (κ2) is 5.92. The normalized spacial score (nSPS) is 12.4. The fourth-order valence-corrected chi connectivity index (χ4v) is 0.913. The van der Waals surface area contributed by atoms with Crippen molar-refractivity contribution in [2.24, 2.45) is 0 Å². The molecule has 1 aromatic rings. The molecule has 0 spiro atoms. The van der Waals surface area contributed by atoms with Crippen molar-refractivity contribution >= 4 is 0 Å². The zero-order chi connectivity index (χ0) is 12.9. The lowest BCUT2D eigenvalue weighted by molar-refractivity contribution is -0.168. The lowest BCUT2D eigenvalue weighted by Gasteiger charge is -2.14. The van der Waals surface area contributed by atoms with E-state index < -0.39 is 25.6 Å². The lowest BCUT2D eigenvalue weighted by atomic mass is 10.4. The molecule has 0 bridgehead atoms. The Morgan fingerprint density at radius 1 is 1.47 bits per heavy atom. The molecule has 5 nitrogen and oxygen atoms in total. The van der Waals surface area contributed by atoms with E-state index in [1.54, 1.807) is 7.05 Å². The number of halogens is 4. The van der Waals surface area contributed by atoms with E-state index in [-0.39, 0.29) is 11.7 Å². The Kier molecular flexibility index (Phi) is 4.82. The van der Waals surface area contributed by atoms with Crippen LogP contribution in [0.2, 0.25) is 0 Å². The summed E-state index contributed by atoms with van der Waals surface area (Å²) in [6.07, 6.45) is -3.76. The van der Waals surface area contributed by atoms with Crippen molar-refractivity contribution < 1.29 is 26.8 Å². The molecule has 0 fully saturated rings. The molecule has 0 aliphatic carbocycles. The summed E-state index contributed by atoms with van der Waals surface area (Å²) < 4.78 is 57.5. The summed E-state index contributed by atoms with van der Waals surface area (Å²) >= 11 is 0. The van der Waals surface area contributed by atoms with Crippen LogP contribution in [0, 0.1) is 0 Å². The fraction of sp³-hybridized carbons (Fsp3) is 0.750. The van der Waals surface area contributed by atoms with E-state index in [0.717, 1.165) is 0 Å². The van der Waals surface area contributed by atoms with Crippen molar-refractivity contribution in [3.63, 3.8) is 0 Å². The molecule has 0 aliphatic rings. The van der Waals surface area contributed by atoms with Crippen LogP contribution >= 0.6 is 0 Å². The zero-order valence-corrected chi connectivity index (χ0v) is 8.92. The Labute approximate surface area is 94.1 Å². The maximum atomic E-state index is 12.4. The van der Waals surface area contributed by atoms with Gasteiger partial charge in [0.05, 0.1) is 6.54 Å². The number of nitrogens with zero attached hydrogens (tertiary/aromatic N) is 2. The number of rotatable bonds is 7. The van der Waals surface area contributed by atoms with Gasteiger partial charge in [-0.05, 0) is 7.05 Å². The Hall–Kier alpha value is -1.22. The fourth-order valence-electron chi connectivity index (χ4n) is 0.913. The highest BCUT2D eigenvalue weighted by Gasteiger charge is 2.41. The molecule has 1 N–H and O–H groups in total. The predicted molar refractivity (Wildman–Crippen MR) is 47.7 cm³/mol. The van der Waals surface area contributed by atoms with Gasteiger partial charge in [-0.1, -0.05) is 5.16 Å². The third-order valence-electron chi connectivity index (χ3n) is 1.68. The summed E-state index contributed by atoms with van der Waals surface area (Å²) in [6.45, 7) is -1.48. The average molecular weight is 257 g/mol. The lowest BCUT2D eigenvalue weighted by Crippen LogP contribution is -2.32. The van der Waals surface area contributed by atoms with Crippen LogP contribution in [0.1, 0.15) is 11.7 Å². The average Bonchev–Trinajstić information content (AvgIpc) is 2.66. The number of alkyl halides is 4. The SMILES string of the molecule is CNCc1nc(COCC(F)(F)C(F)F)no1. The van der Waals surface area contributed by atoms with Gasteiger partial charge in [0.1, 0.15) is 13.2 Å². The zero-order valence-electron chi connectivity index (χ0n) is 8.92. The molecule has 0 saturated carbocycles. The maximum Gasteiger partial charge on any atom is 0.330 e. The minimum Gasteiger partial charge on any atom is -0.367 e. The molecule has 0 aromatic carbocycles.